The zero-order chi connectivity index (χ0) is 27.5. The molecule has 0 N–H and O–H groups in total. The third kappa shape index (κ3) is 9.91. The Bertz CT molecular complexity index is 1220. The molecule has 0 saturated heterocycles. The van der Waals surface area contributed by atoms with Crippen molar-refractivity contribution in [1.82, 2.24) is 4.98 Å². The molecule has 1 aromatic heterocycles. The van der Waals surface area contributed by atoms with Crippen LogP contribution in [0, 0.1) is 0 Å². The lowest BCUT2D eigenvalue weighted by Gasteiger charge is -2.17. The quantitative estimate of drug-likeness (QED) is 0.119. The molecule has 0 aliphatic rings. The molecule has 0 spiro atoms. The maximum absolute atomic E-state index is 6.30. The molecule has 0 amide bonds. The number of hydrogen-bond acceptors (Lipinski definition) is 6. The lowest BCUT2D eigenvalue weighted by Crippen LogP contribution is -2.17. The van der Waals surface area contributed by atoms with E-state index in [9.17, 15) is 0 Å². The van der Waals surface area contributed by atoms with Crippen LogP contribution in [0.1, 0.15) is 38.3 Å². The van der Waals surface area contributed by atoms with Crippen LogP contribution in [0.15, 0.2) is 76.5 Å². The van der Waals surface area contributed by atoms with E-state index in [1.165, 1.54) is 6.08 Å². The molecule has 0 fully saturated rings. The molecule has 2 aromatic carbocycles. The van der Waals surface area contributed by atoms with Crippen molar-refractivity contribution in [2.45, 2.75) is 32.8 Å². The third-order valence-corrected chi connectivity index (χ3v) is 5.58. The number of oxime groups is 1. The monoisotopic (exact) mass is 596 g/mol. The molecule has 0 saturated carbocycles. The third-order valence-electron chi connectivity index (χ3n) is 4.71. The maximum Gasteiger partial charge on any atom is 0.213 e. The number of ether oxygens (including phenoxy) is 3. The standard InChI is InChI=1S/C28H28Cl4N2O4/c1-28(2,3)38-34-26(19-8-5-4-6-9-19)20-10-11-25(33-18-20)36-13-7-14-37-27-22(29)16-21(17-23(27)30)35-15-12-24(31)32/h4-6,8-12,16-18H,7,13-15H2,1-3H3. The van der Waals surface area contributed by atoms with Gasteiger partial charge in [-0.3, -0.25) is 0 Å². The molecule has 6 nitrogen and oxygen atoms in total. The molecule has 38 heavy (non-hydrogen) atoms. The fourth-order valence-corrected chi connectivity index (χ4v) is 3.73. The normalized spacial score (nSPS) is 11.6. The van der Waals surface area contributed by atoms with Crippen molar-refractivity contribution >= 4 is 52.1 Å². The van der Waals surface area contributed by atoms with Crippen LogP contribution in [0.3, 0.4) is 0 Å². The first kappa shape index (κ1) is 29.9. The second-order valence-electron chi connectivity index (χ2n) is 8.97. The zero-order valence-corrected chi connectivity index (χ0v) is 24.2. The zero-order valence-electron chi connectivity index (χ0n) is 21.2. The first-order valence-electron chi connectivity index (χ1n) is 11.8. The molecule has 1 heterocycles. The minimum Gasteiger partial charge on any atom is -0.490 e. The Kier molecular flexibility index (Phi) is 11.4. The summed E-state index contributed by atoms with van der Waals surface area (Å²) in [5.74, 6) is 1.34. The van der Waals surface area contributed by atoms with Crippen molar-refractivity contribution in [2.24, 2.45) is 5.16 Å². The predicted molar refractivity (Wildman–Crippen MR) is 155 cm³/mol. The topological polar surface area (TPSA) is 62.2 Å². The van der Waals surface area contributed by atoms with E-state index in [1.807, 2.05) is 57.2 Å². The summed E-state index contributed by atoms with van der Waals surface area (Å²) in [7, 11) is 0. The molecule has 10 heteroatoms. The van der Waals surface area contributed by atoms with Crippen molar-refractivity contribution in [2.75, 3.05) is 19.8 Å². The summed E-state index contributed by atoms with van der Waals surface area (Å²) >= 11 is 23.7. The highest BCUT2D eigenvalue weighted by atomic mass is 35.5. The van der Waals surface area contributed by atoms with Crippen molar-refractivity contribution in [3.8, 4) is 17.4 Å². The Morgan fingerprint density at radius 1 is 0.895 bits per heavy atom. The van der Waals surface area contributed by atoms with Crippen LogP contribution in [0.25, 0.3) is 0 Å². The summed E-state index contributed by atoms with van der Waals surface area (Å²) < 4.78 is 17.1. The largest absolute Gasteiger partial charge is 0.490 e. The van der Waals surface area contributed by atoms with Gasteiger partial charge < -0.3 is 19.0 Å². The smallest absolute Gasteiger partial charge is 0.213 e. The molecular weight excluding hydrogens is 570 g/mol. The summed E-state index contributed by atoms with van der Waals surface area (Å²) in [5, 5.41) is 5.06. The van der Waals surface area contributed by atoms with Gasteiger partial charge in [0, 0.05) is 41.9 Å². The van der Waals surface area contributed by atoms with Gasteiger partial charge in [-0.2, -0.15) is 0 Å². The summed E-state index contributed by atoms with van der Waals surface area (Å²) in [6.45, 7) is 6.76. The van der Waals surface area contributed by atoms with E-state index < -0.39 is 5.60 Å². The number of benzene rings is 2. The number of hydrogen-bond donors (Lipinski definition) is 0. The molecule has 0 bridgehead atoms. The van der Waals surface area contributed by atoms with E-state index in [4.69, 9.17) is 65.5 Å². The minimum atomic E-state index is -0.417. The van der Waals surface area contributed by atoms with Crippen LogP contribution in [-0.4, -0.2) is 36.1 Å². The first-order chi connectivity index (χ1) is 18.1. The molecule has 202 valence electrons. The molecule has 0 aliphatic heterocycles. The SMILES string of the molecule is CC(C)(C)ON=C(c1ccccc1)c1ccc(OCCCOc2c(Cl)cc(OCC=C(Cl)Cl)cc2Cl)nc1. The van der Waals surface area contributed by atoms with Crippen LogP contribution < -0.4 is 14.2 Å². The first-order valence-corrected chi connectivity index (χ1v) is 13.3. The van der Waals surface area contributed by atoms with Gasteiger partial charge in [-0.1, -0.05) is 81.9 Å². The highest BCUT2D eigenvalue weighted by molar-refractivity contribution is 6.55. The van der Waals surface area contributed by atoms with Crippen LogP contribution in [-0.2, 0) is 4.84 Å². The Morgan fingerprint density at radius 2 is 1.58 bits per heavy atom. The molecule has 0 aliphatic carbocycles. The highest BCUT2D eigenvalue weighted by Crippen LogP contribution is 2.37. The van der Waals surface area contributed by atoms with Crippen LogP contribution in [0.5, 0.6) is 17.4 Å². The lowest BCUT2D eigenvalue weighted by atomic mass is 10.0. The van der Waals surface area contributed by atoms with Crippen molar-refractivity contribution in [3.63, 3.8) is 0 Å². The summed E-state index contributed by atoms with van der Waals surface area (Å²) in [4.78, 5) is 10.1. The predicted octanol–water partition coefficient (Wildman–Crippen LogP) is 8.50. The van der Waals surface area contributed by atoms with Gasteiger partial charge in [-0.05, 0) is 32.9 Å². The molecular formula is C28H28Cl4N2O4. The van der Waals surface area contributed by atoms with Gasteiger partial charge in [-0.15, -0.1) is 0 Å². The Morgan fingerprint density at radius 3 is 2.18 bits per heavy atom. The van der Waals surface area contributed by atoms with Crippen LogP contribution in [0.4, 0.5) is 0 Å². The van der Waals surface area contributed by atoms with E-state index in [2.05, 4.69) is 10.1 Å². The summed E-state index contributed by atoms with van der Waals surface area (Å²) in [6.07, 6.45) is 3.81. The second-order valence-corrected chi connectivity index (χ2v) is 10.8. The number of nitrogens with zero attached hydrogens (tertiary/aromatic N) is 2. The van der Waals surface area contributed by atoms with Gasteiger partial charge in [0.2, 0.25) is 5.88 Å². The van der Waals surface area contributed by atoms with Crippen molar-refractivity contribution < 1.29 is 19.0 Å². The van der Waals surface area contributed by atoms with E-state index in [1.54, 1.807) is 24.4 Å². The van der Waals surface area contributed by atoms with Gasteiger partial charge in [0.05, 0.1) is 23.3 Å². The second kappa shape index (κ2) is 14.5. The van der Waals surface area contributed by atoms with Crippen LogP contribution in [0.2, 0.25) is 10.0 Å². The summed E-state index contributed by atoms with van der Waals surface area (Å²) in [6, 6.07) is 16.7. The minimum absolute atomic E-state index is 0.118. The molecule has 0 atom stereocenters. The fraction of sp³-hybridized carbons (Fsp3) is 0.286. The number of rotatable bonds is 12. The number of halogens is 4. The Labute approximate surface area is 243 Å². The van der Waals surface area contributed by atoms with E-state index in [0.717, 1.165) is 11.1 Å². The molecule has 3 aromatic rings. The average Bonchev–Trinajstić information content (AvgIpc) is 2.86. The van der Waals surface area contributed by atoms with Crippen LogP contribution >= 0.6 is 46.4 Å². The summed E-state index contributed by atoms with van der Waals surface area (Å²) in [5.41, 5.74) is 2.02. The van der Waals surface area contributed by atoms with Crippen molar-refractivity contribution in [3.05, 3.63) is 92.5 Å². The number of aromatic nitrogens is 1. The van der Waals surface area contributed by atoms with Gasteiger partial charge in [0.15, 0.2) is 5.75 Å². The lowest BCUT2D eigenvalue weighted by molar-refractivity contribution is 0.00117. The number of pyridine rings is 1. The van der Waals surface area contributed by atoms with Gasteiger partial charge in [0.25, 0.3) is 0 Å². The van der Waals surface area contributed by atoms with Gasteiger partial charge >= 0.3 is 0 Å². The molecule has 0 unspecified atom stereocenters. The highest BCUT2D eigenvalue weighted by Gasteiger charge is 2.15. The maximum atomic E-state index is 6.30. The van der Waals surface area contributed by atoms with Gasteiger partial charge in [-0.25, -0.2) is 4.98 Å². The average molecular weight is 598 g/mol. The van der Waals surface area contributed by atoms with Crippen molar-refractivity contribution in [1.29, 1.82) is 0 Å². The fourth-order valence-electron chi connectivity index (χ4n) is 3.03. The molecule has 3 rings (SSSR count). The van der Waals surface area contributed by atoms with E-state index >= 15 is 0 Å². The van der Waals surface area contributed by atoms with E-state index in [0.29, 0.717) is 52.8 Å². The Hall–Kier alpha value is -2.64. The van der Waals surface area contributed by atoms with E-state index in [-0.39, 0.29) is 11.1 Å². The van der Waals surface area contributed by atoms with Gasteiger partial charge in [0.1, 0.15) is 28.2 Å². The molecule has 0 radical (unpaired) electrons. The Balaban J connectivity index is 1.52.